The molecule has 0 saturated heterocycles. The number of aromatic carboxylic acids is 1. The number of hydrogen-bond donors (Lipinski definition) is 1. The van der Waals surface area contributed by atoms with E-state index in [-0.39, 0.29) is 5.56 Å². The van der Waals surface area contributed by atoms with Crippen LogP contribution in [0.3, 0.4) is 0 Å². The molecule has 0 aliphatic rings. The Balaban J connectivity index is 1.88. The highest BCUT2D eigenvalue weighted by atomic mass is 79.9. The van der Waals surface area contributed by atoms with Gasteiger partial charge in [-0.3, -0.25) is 0 Å². The monoisotopic (exact) mass is 364 g/mol. The van der Waals surface area contributed by atoms with E-state index < -0.39 is 5.97 Å². The average Bonchev–Trinajstić information content (AvgIpc) is 2.49. The van der Waals surface area contributed by atoms with Crippen LogP contribution in [0.2, 0.25) is 0 Å². The zero-order chi connectivity index (χ0) is 16.1. The predicted octanol–water partition coefficient (Wildman–Crippen LogP) is 4.22. The molecule has 1 N–H and O–H groups in total. The lowest BCUT2D eigenvalue weighted by molar-refractivity contribution is 0.0696. The molecule has 2 aromatic carbocycles. The van der Waals surface area contributed by atoms with Crippen LogP contribution in [0, 0.1) is 13.8 Å². The van der Waals surface area contributed by atoms with Gasteiger partial charge in [-0.15, -0.1) is 0 Å². The molecule has 0 amide bonds. The molecule has 0 aliphatic heterocycles. The van der Waals surface area contributed by atoms with E-state index in [9.17, 15) is 4.79 Å². The minimum atomic E-state index is -0.970. The molecule has 0 bridgehead atoms. The number of benzene rings is 2. The van der Waals surface area contributed by atoms with Gasteiger partial charge in [0.1, 0.15) is 24.7 Å². The van der Waals surface area contributed by atoms with Gasteiger partial charge in [0.05, 0.1) is 5.56 Å². The van der Waals surface area contributed by atoms with E-state index in [1.807, 2.05) is 26.0 Å². The first-order valence-electron chi connectivity index (χ1n) is 6.83. The zero-order valence-corrected chi connectivity index (χ0v) is 14.0. The third-order valence-corrected chi connectivity index (χ3v) is 4.00. The molecular formula is C17H17BrO4. The Morgan fingerprint density at radius 1 is 1.09 bits per heavy atom. The Labute approximate surface area is 137 Å². The molecule has 22 heavy (non-hydrogen) atoms. The Morgan fingerprint density at radius 3 is 2.55 bits per heavy atom. The number of rotatable bonds is 6. The fourth-order valence-corrected chi connectivity index (χ4v) is 2.40. The minimum Gasteiger partial charge on any atom is -0.490 e. The van der Waals surface area contributed by atoms with Crippen molar-refractivity contribution in [3.05, 3.63) is 57.6 Å². The van der Waals surface area contributed by atoms with Crippen molar-refractivity contribution in [2.24, 2.45) is 0 Å². The highest BCUT2D eigenvalue weighted by molar-refractivity contribution is 9.10. The van der Waals surface area contributed by atoms with Gasteiger partial charge >= 0.3 is 5.97 Å². The largest absolute Gasteiger partial charge is 0.490 e. The lowest BCUT2D eigenvalue weighted by Crippen LogP contribution is -2.10. The quantitative estimate of drug-likeness (QED) is 0.779. The van der Waals surface area contributed by atoms with Crippen molar-refractivity contribution in [1.82, 2.24) is 0 Å². The van der Waals surface area contributed by atoms with E-state index in [1.165, 1.54) is 12.1 Å². The van der Waals surface area contributed by atoms with Gasteiger partial charge in [-0.25, -0.2) is 4.79 Å². The van der Waals surface area contributed by atoms with Crippen LogP contribution in [0.5, 0.6) is 11.5 Å². The maximum absolute atomic E-state index is 10.9. The van der Waals surface area contributed by atoms with Crippen LogP contribution in [0.15, 0.2) is 40.9 Å². The smallest absolute Gasteiger partial charge is 0.335 e. The molecule has 2 rings (SSSR count). The summed E-state index contributed by atoms with van der Waals surface area (Å²) in [6.45, 7) is 4.72. The second-order valence-electron chi connectivity index (χ2n) is 4.90. The summed E-state index contributed by atoms with van der Waals surface area (Å²) in [6.07, 6.45) is 0. The topological polar surface area (TPSA) is 55.8 Å². The SMILES string of the molecule is Cc1cc(OCCOc2cccc(C(=O)O)c2)c(C)cc1Br. The van der Waals surface area contributed by atoms with E-state index in [1.54, 1.807) is 12.1 Å². The van der Waals surface area contributed by atoms with Gasteiger partial charge in [0.15, 0.2) is 0 Å². The van der Waals surface area contributed by atoms with Crippen LogP contribution in [0.25, 0.3) is 0 Å². The molecule has 0 aromatic heterocycles. The first-order valence-corrected chi connectivity index (χ1v) is 7.62. The maximum atomic E-state index is 10.9. The minimum absolute atomic E-state index is 0.206. The van der Waals surface area contributed by atoms with Crippen LogP contribution in [-0.2, 0) is 0 Å². The molecule has 0 saturated carbocycles. The Morgan fingerprint density at radius 2 is 1.82 bits per heavy atom. The molecule has 0 radical (unpaired) electrons. The number of hydrogen-bond acceptors (Lipinski definition) is 3. The normalized spacial score (nSPS) is 10.3. The highest BCUT2D eigenvalue weighted by Gasteiger charge is 2.05. The molecule has 0 unspecified atom stereocenters. The summed E-state index contributed by atoms with van der Waals surface area (Å²) in [6, 6.07) is 10.4. The molecule has 0 aliphatic carbocycles. The predicted molar refractivity (Wildman–Crippen MR) is 88.0 cm³/mol. The molecule has 116 valence electrons. The Kier molecular flexibility index (Phi) is 5.44. The standard InChI is InChI=1S/C17H17BrO4/c1-11-9-16(12(2)8-15(11)18)22-7-6-21-14-5-3-4-13(10-14)17(19)20/h3-5,8-10H,6-7H2,1-2H3,(H,19,20). The van der Waals surface area contributed by atoms with Gasteiger partial charge in [-0.05, 0) is 55.3 Å². The van der Waals surface area contributed by atoms with Crippen molar-refractivity contribution in [3.63, 3.8) is 0 Å². The van der Waals surface area contributed by atoms with Crippen LogP contribution in [0.4, 0.5) is 0 Å². The van der Waals surface area contributed by atoms with Gasteiger partial charge in [-0.1, -0.05) is 22.0 Å². The summed E-state index contributed by atoms with van der Waals surface area (Å²) < 4.78 is 12.3. The van der Waals surface area contributed by atoms with Crippen molar-refractivity contribution < 1.29 is 19.4 Å². The average molecular weight is 365 g/mol. The fraction of sp³-hybridized carbons (Fsp3) is 0.235. The van der Waals surface area contributed by atoms with Gasteiger partial charge in [0.2, 0.25) is 0 Å². The summed E-state index contributed by atoms with van der Waals surface area (Å²) >= 11 is 3.48. The molecule has 0 heterocycles. The number of halogens is 1. The van der Waals surface area contributed by atoms with E-state index in [4.69, 9.17) is 14.6 Å². The zero-order valence-electron chi connectivity index (χ0n) is 12.4. The maximum Gasteiger partial charge on any atom is 0.335 e. The molecule has 0 atom stereocenters. The number of carboxylic acid groups (broad SMARTS) is 1. The van der Waals surface area contributed by atoms with E-state index in [2.05, 4.69) is 15.9 Å². The lowest BCUT2D eigenvalue weighted by atomic mass is 10.1. The van der Waals surface area contributed by atoms with Gasteiger partial charge in [0, 0.05) is 4.47 Å². The van der Waals surface area contributed by atoms with Crippen molar-refractivity contribution in [3.8, 4) is 11.5 Å². The number of aryl methyl sites for hydroxylation is 2. The second-order valence-corrected chi connectivity index (χ2v) is 5.75. The molecular weight excluding hydrogens is 348 g/mol. The molecule has 0 spiro atoms. The van der Waals surface area contributed by atoms with Crippen LogP contribution < -0.4 is 9.47 Å². The number of ether oxygens (including phenoxy) is 2. The number of carboxylic acids is 1. The summed E-state index contributed by atoms with van der Waals surface area (Å²) in [4.78, 5) is 10.9. The van der Waals surface area contributed by atoms with E-state index >= 15 is 0 Å². The summed E-state index contributed by atoms with van der Waals surface area (Å²) in [5.41, 5.74) is 2.36. The first-order chi connectivity index (χ1) is 10.5. The van der Waals surface area contributed by atoms with Crippen molar-refractivity contribution in [1.29, 1.82) is 0 Å². The van der Waals surface area contributed by atoms with Crippen molar-refractivity contribution >= 4 is 21.9 Å². The second kappa shape index (κ2) is 7.31. The molecule has 4 nitrogen and oxygen atoms in total. The first kappa shape index (κ1) is 16.4. The molecule has 2 aromatic rings. The van der Waals surface area contributed by atoms with Gasteiger partial charge in [0.25, 0.3) is 0 Å². The molecule has 0 fully saturated rings. The summed E-state index contributed by atoms with van der Waals surface area (Å²) in [5, 5.41) is 8.92. The van der Waals surface area contributed by atoms with Gasteiger partial charge in [-0.2, -0.15) is 0 Å². The number of carbonyl (C=O) groups is 1. The third kappa shape index (κ3) is 4.24. The Bertz CT molecular complexity index is 682. The molecule has 5 heteroatoms. The van der Waals surface area contributed by atoms with Crippen molar-refractivity contribution in [2.75, 3.05) is 13.2 Å². The fourth-order valence-electron chi connectivity index (χ4n) is 1.94. The van der Waals surface area contributed by atoms with Gasteiger partial charge < -0.3 is 14.6 Å². The third-order valence-electron chi connectivity index (χ3n) is 3.15. The van der Waals surface area contributed by atoms with E-state index in [0.29, 0.717) is 19.0 Å². The van der Waals surface area contributed by atoms with Crippen LogP contribution in [0.1, 0.15) is 21.5 Å². The van der Waals surface area contributed by atoms with Crippen LogP contribution >= 0.6 is 15.9 Å². The highest BCUT2D eigenvalue weighted by Crippen LogP contribution is 2.26. The van der Waals surface area contributed by atoms with Crippen LogP contribution in [-0.4, -0.2) is 24.3 Å². The van der Waals surface area contributed by atoms with Crippen molar-refractivity contribution in [2.45, 2.75) is 13.8 Å². The van der Waals surface area contributed by atoms with E-state index in [0.717, 1.165) is 21.3 Å². The summed E-state index contributed by atoms with van der Waals surface area (Å²) in [7, 11) is 0. The Hall–Kier alpha value is -2.01. The lowest BCUT2D eigenvalue weighted by Gasteiger charge is -2.12. The summed E-state index contributed by atoms with van der Waals surface area (Å²) in [5.74, 6) is 0.374.